The number of benzene rings is 2. The molecule has 0 saturated heterocycles. The van der Waals surface area contributed by atoms with Crippen molar-refractivity contribution in [3.8, 4) is 0 Å². The highest BCUT2D eigenvalue weighted by Crippen LogP contribution is 2.55. The molecule has 0 bridgehead atoms. The number of carbonyl (C=O) groups excluding carboxylic acids is 2. The Kier molecular flexibility index (Phi) is 3.72. The van der Waals surface area contributed by atoms with E-state index < -0.39 is 32.1 Å². The number of esters is 2. The zero-order valence-corrected chi connectivity index (χ0v) is 14.0. The van der Waals surface area contributed by atoms with Crippen molar-refractivity contribution in [2.45, 2.75) is 12.6 Å². The Morgan fingerprint density at radius 3 is 1.64 bits per heavy atom. The molecule has 2 aromatic carbocycles. The topological polar surface area (TPSA) is 88.1 Å². The molecule has 128 valence electrons. The second-order valence-electron chi connectivity index (χ2n) is 5.63. The van der Waals surface area contributed by atoms with Crippen LogP contribution >= 0.6 is 7.60 Å². The van der Waals surface area contributed by atoms with Gasteiger partial charge in [-0.05, 0) is 12.1 Å². The van der Waals surface area contributed by atoms with E-state index in [2.05, 4.69) is 0 Å². The van der Waals surface area contributed by atoms with Gasteiger partial charge in [0.15, 0.2) is 0 Å². The van der Waals surface area contributed by atoms with Gasteiger partial charge in [-0.15, -0.1) is 0 Å². The maximum absolute atomic E-state index is 12.7. The summed E-state index contributed by atoms with van der Waals surface area (Å²) in [5.74, 6) is -1.11. The lowest BCUT2D eigenvalue weighted by molar-refractivity contribution is -0.0743. The van der Waals surface area contributed by atoms with Gasteiger partial charge >= 0.3 is 19.5 Å². The summed E-state index contributed by atoms with van der Waals surface area (Å²) in [7, 11) is -3.71. The van der Waals surface area contributed by atoms with Gasteiger partial charge in [0.2, 0.25) is 12.6 Å². The first-order valence-corrected chi connectivity index (χ1v) is 9.48. The molecule has 2 atom stereocenters. The Hall–Kier alpha value is -2.47. The third-order valence-corrected chi connectivity index (χ3v) is 5.02. The molecule has 2 aliphatic heterocycles. The zero-order chi connectivity index (χ0) is 17.6. The number of rotatable bonds is 4. The molecule has 2 aliphatic rings. The lowest BCUT2D eigenvalue weighted by Gasteiger charge is -2.21. The number of hydrogen-bond acceptors (Lipinski definition) is 7. The van der Waals surface area contributed by atoms with Crippen LogP contribution in [0.25, 0.3) is 0 Å². The molecule has 2 unspecified atom stereocenters. The molecule has 0 radical (unpaired) electrons. The molecule has 7 nitrogen and oxygen atoms in total. The summed E-state index contributed by atoms with van der Waals surface area (Å²) in [6, 6.07) is 13.3. The number of carbonyl (C=O) groups is 2. The van der Waals surface area contributed by atoms with Crippen LogP contribution in [0.3, 0.4) is 0 Å². The van der Waals surface area contributed by atoms with Gasteiger partial charge in [0.1, 0.15) is 0 Å². The summed E-state index contributed by atoms with van der Waals surface area (Å²) in [5, 5.41) is 0. The van der Waals surface area contributed by atoms with E-state index in [1.165, 1.54) is 6.66 Å². The molecule has 0 aromatic heterocycles. The van der Waals surface area contributed by atoms with E-state index in [4.69, 9.17) is 18.5 Å². The third-order valence-electron chi connectivity index (χ3n) is 3.87. The van der Waals surface area contributed by atoms with Crippen molar-refractivity contribution in [3.63, 3.8) is 0 Å². The van der Waals surface area contributed by atoms with Crippen molar-refractivity contribution in [1.29, 1.82) is 0 Å². The van der Waals surface area contributed by atoms with Crippen molar-refractivity contribution < 1.29 is 32.7 Å². The Morgan fingerprint density at radius 2 is 1.20 bits per heavy atom. The molecule has 2 aromatic rings. The van der Waals surface area contributed by atoms with E-state index in [-0.39, 0.29) is 0 Å². The fourth-order valence-electron chi connectivity index (χ4n) is 2.75. The van der Waals surface area contributed by atoms with Crippen LogP contribution in [0.1, 0.15) is 44.4 Å². The second-order valence-corrected chi connectivity index (χ2v) is 7.60. The Labute approximate surface area is 143 Å². The highest BCUT2D eigenvalue weighted by Gasteiger charge is 2.40. The van der Waals surface area contributed by atoms with Crippen LogP contribution < -0.4 is 0 Å². The molecule has 0 fully saturated rings. The molecular weight excluding hydrogens is 347 g/mol. The Bertz CT molecular complexity index is 851. The average molecular weight is 360 g/mol. The first-order valence-electron chi connectivity index (χ1n) is 7.49. The summed E-state index contributed by atoms with van der Waals surface area (Å²) in [4.78, 5) is 23.6. The summed E-state index contributed by atoms with van der Waals surface area (Å²) >= 11 is 0. The van der Waals surface area contributed by atoms with Gasteiger partial charge in [-0.1, -0.05) is 36.4 Å². The average Bonchev–Trinajstić information content (AvgIpc) is 3.06. The van der Waals surface area contributed by atoms with Crippen molar-refractivity contribution in [1.82, 2.24) is 0 Å². The van der Waals surface area contributed by atoms with Crippen LogP contribution in [0.15, 0.2) is 48.5 Å². The van der Waals surface area contributed by atoms with Crippen molar-refractivity contribution in [3.05, 3.63) is 70.8 Å². The van der Waals surface area contributed by atoms with Crippen LogP contribution in [-0.4, -0.2) is 18.6 Å². The molecule has 0 amide bonds. The second kappa shape index (κ2) is 5.81. The molecule has 0 saturated carbocycles. The highest BCUT2D eigenvalue weighted by molar-refractivity contribution is 7.53. The lowest BCUT2D eigenvalue weighted by Crippen LogP contribution is -2.08. The Balaban J connectivity index is 1.53. The zero-order valence-electron chi connectivity index (χ0n) is 13.1. The normalized spacial score (nSPS) is 23.4. The van der Waals surface area contributed by atoms with Crippen LogP contribution in [-0.2, 0) is 23.1 Å². The monoisotopic (exact) mass is 360 g/mol. The SMILES string of the molecule is CP(=O)(OC1OC(=O)c2ccccc21)OC1OC(=O)c2ccccc21. The van der Waals surface area contributed by atoms with Crippen LogP contribution in [0.4, 0.5) is 0 Å². The molecule has 0 spiro atoms. The maximum atomic E-state index is 12.7. The van der Waals surface area contributed by atoms with Crippen molar-refractivity contribution in [2.75, 3.05) is 6.66 Å². The Morgan fingerprint density at radius 1 is 0.800 bits per heavy atom. The quantitative estimate of drug-likeness (QED) is 0.608. The fourth-order valence-corrected chi connectivity index (χ4v) is 3.81. The molecule has 2 heterocycles. The third kappa shape index (κ3) is 2.87. The first kappa shape index (κ1) is 16.0. The minimum Gasteiger partial charge on any atom is -0.427 e. The van der Waals surface area contributed by atoms with E-state index in [1.807, 2.05) is 0 Å². The van der Waals surface area contributed by atoms with E-state index in [0.29, 0.717) is 22.3 Å². The minimum absolute atomic E-state index is 0.352. The van der Waals surface area contributed by atoms with Gasteiger partial charge in [-0.2, -0.15) is 0 Å². The van der Waals surface area contributed by atoms with E-state index in [1.54, 1.807) is 48.5 Å². The predicted molar refractivity (Wildman–Crippen MR) is 84.9 cm³/mol. The molecule has 8 heteroatoms. The maximum Gasteiger partial charge on any atom is 0.341 e. The van der Waals surface area contributed by atoms with Crippen LogP contribution in [0, 0.1) is 0 Å². The summed E-state index contributed by atoms with van der Waals surface area (Å²) in [6.45, 7) is 1.23. The van der Waals surface area contributed by atoms with E-state index in [9.17, 15) is 14.2 Å². The molecular formula is C17H13O7P. The van der Waals surface area contributed by atoms with Crippen molar-refractivity contribution >= 4 is 19.5 Å². The van der Waals surface area contributed by atoms with Crippen molar-refractivity contribution in [2.24, 2.45) is 0 Å². The summed E-state index contributed by atoms with van der Waals surface area (Å²) in [5.41, 5.74) is 1.65. The van der Waals surface area contributed by atoms with E-state index >= 15 is 0 Å². The summed E-state index contributed by atoms with van der Waals surface area (Å²) < 4.78 is 33.7. The lowest BCUT2D eigenvalue weighted by atomic mass is 10.1. The van der Waals surface area contributed by atoms with Gasteiger partial charge in [-0.3, -0.25) is 13.6 Å². The number of hydrogen-bond donors (Lipinski definition) is 0. The molecule has 25 heavy (non-hydrogen) atoms. The van der Waals surface area contributed by atoms with Crippen LogP contribution in [0.2, 0.25) is 0 Å². The van der Waals surface area contributed by atoms with Gasteiger partial charge in [0.25, 0.3) is 0 Å². The van der Waals surface area contributed by atoms with E-state index in [0.717, 1.165) is 0 Å². The fraction of sp³-hybridized carbons (Fsp3) is 0.176. The van der Waals surface area contributed by atoms with Gasteiger partial charge in [0, 0.05) is 17.8 Å². The number of cyclic esters (lactones) is 2. The first-order chi connectivity index (χ1) is 11.9. The predicted octanol–water partition coefficient (Wildman–Crippen LogP) is 3.58. The minimum atomic E-state index is -3.71. The smallest absolute Gasteiger partial charge is 0.341 e. The van der Waals surface area contributed by atoms with Gasteiger partial charge in [-0.25, -0.2) is 9.59 Å². The standard InChI is InChI=1S/C17H13O7P/c1-25(20,23-16-12-8-4-2-6-10(12)14(18)21-16)24-17-13-9-5-3-7-11(13)15(19)22-17/h2-9,16-17H,1H3. The number of ether oxygens (including phenoxy) is 2. The number of fused-ring (bicyclic) bond motifs is 2. The summed E-state index contributed by atoms with van der Waals surface area (Å²) in [6.07, 6.45) is -2.27. The molecule has 0 aliphatic carbocycles. The van der Waals surface area contributed by atoms with Gasteiger partial charge in [0.05, 0.1) is 11.1 Å². The van der Waals surface area contributed by atoms with Gasteiger partial charge < -0.3 is 9.47 Å². The molecule has 0 N–H and O–H groups in total. The van der Waals surface area contributed by atoms with Crippen LogP contribution in [0.5, 0.6) is 0 Å². The highest BCUT2D eigenvalue weighted by atomic mass is 31.2. The largest absolute Gasteiger partial charge is 0.427 e. The molecule has 4 rings (SSSR count).